The minimum Gasteiger partial charge on any atom is -0.507 e. The normalized spacial score (nSPS) is 28.4. The summed E-state index contributed by atoms with van der Waals surface area (Å²) in [6.07, 6.45) is 4.31. The van der Waals surface area contributed by atoms with Gasteiger partial charge in [0.05, 0.1) is 24.0 Å². The van der Waals surface area contributed by atoms with Gasteiger partial charge in [0.2, 0.25) is 0 Å². The minimum atomic E-state index is -1.43. The van der Waals surface area contributed by atoms with Gasteiger partial charge in [0.25, 0.3) is 5.88 Å². The van der Waals surface area contributed by atoms with E-state index in [1.807, 2.05) is 30.3 Å². The predicted molar refractivity (Wildman–Crippen MR) is 151 cm³/mol. The number of methoxy groups -OCH3 is 1. The first kappa shape index (κ1) is 26.9. The average Bonchev–Trinajstić information content (AvgIpc) is 3.41. The van der Waals surface area contributed by atoms with Crippen LogP contribution in [0.15, 0.2) is 40.9 Å². The van der Waals surface area contributed by atoms with Gasteiger partial charge in [0.15, 0.2) is 23.1 Å². The molecule has 1 saturated heterocycles. The smallest absolute Gasteiger partial charge is 0.265 e. The summed E-state index contributed by atoms with van der Waals surface area (Å²) >= 11 is 0. The summed E-state index contributed by atoms with van der Waals surface area (Å²) in [4.78, 5) is 42.5. The average molecular weight is 571 g/mol. The summed E-state index contributed by atoms with van der Waals surface area (Å²) < 4.78 is 17.3. The quantitative estimate of drug-likeness (QED) is 0.416. The van der Waals surface area contributed by atoms with E-state index < -0.39 is 28.7 Å². The molecule has 218 valence electrons. The number of phenolic OH excluding ortho intramolecular Hbond substituents is 1. The third-order valence-electron chi connectivity index (χ3n) is 10.0. The van der Waals surface area contributed by atoms with Gasteiger partial charge in [-0.1, -0.05) is 36.8 Å². The fraction of sp³-hybridized carbons (Fsp3) is 0.455. The molecule has 0 spiro atoms. The number of aromatic nitrogens is 1. The number of phenols is 1. The monoisotopic (exact) mass is 570 g/mol. The molecule has 2 heterocycles. The molecule has 4 aliphatic rings. The maximum Gasteiger partial charge on any atom is 0.265 e. The van der Waals surface area contributed by atoms with Gasteiger partial charge in [0, 0.05) is 23.6 Å². The van der Waals surface area contributed by atoms with E-state index in [-0.39, 0.29) is 47.2 Å². The molecular formula is C33H34N2O7. The second-order valence-electron chi connectivity index (χ2n) is 12.3. The minimum absolute atomic E-state index is 0.0214. The number of Topliss-reactive ketones (excluding diaryl/α,β-unsaturated/α-hetero) is 3. The number of nitrogens with zero attached hydrogens (tertiary/aromatic N) is 1. The highest BCUT2D eigenvalue weighted by atomic mass is 16.5. The number of ketones is 3. The summed E-state index contributed by atoms with van der Waals surface area (Å²) in [5, 5.41) is 18.7. The number of ether oxygens (including phenoxy) is 2. The molecule has 1 aromatic heterocycles. The Morgan fingerprint density at radius 3 is 2.67 bits per heavy atom. The Morgan fingerprint density at radius 2 is 1.93 bits per heavy atom. The van der Waals surface area contributed by atoms with Crippen molar-refractivity contribution in [3.05, 3.63) is 70.0 Å². The van der Waals surface area contributed by atoms with Gasteiger partial charge in [-0.3, -0.25) is 14.4 Å². The van der Waals surface area contributed by atoms with E-state index in [0.29, 0.717) is 36.3 Å². The van der Waals surface area contributed by atoms with Gasteiger partial charge < -0.3 is 24.4 Å². The van der Waals surface area contributed by atoms with Crippen LogP contribution in [0.5, 0.6) is 17.4 Å². The lowest BCUT2D eigenvalue weighted by Gasteiger charge is -2.48. The first-order valence-corrected chi connectivity index (χ1v) is 14.8. The Hall–Kier alpha value is -3.98. The molecule has 3 aliphatic carbocycles. The van der Waals surface area contributed by atoms with Gasteiger partial charge in [-0.2, -0.15) is 0 Å². The number of carbonyl (C=O) groups excluding carboxylic acids is 3. The van der Waals surface area contributed by atoms with E-state index in [0.717, 1.165) is 36.9 Å². The zero-order valence-corrected chi connectivity index (χ0v) is 23.8. The van der Waals surface area contributed by atoms with Crippen molar-refractivity contribution in [2.45, 2.75) is 58.1 Å². The van der Waals surface area contributed by atoms with Crippen LogP contribution in [0.1, 0.15) is 81.8 Å². The Balaban J connectivity index is 1.22. The number of rotatable bonds is 5. The third kappa shape index (κ3) is 3.93. The molecule has 0 amide bonds. The number of fused-ring (bicyclic) bond motifs is 4. The number of aromatic hydroxyl groups is 1. The predicted octanol–water partition coefficient (Wildman–Crippen LogP) is 4.79. The van der Waals surface area contributed by atoms with Gasteiger partial charge >= 0.3 is 0 Å². The summed E-state index contributed by atoms with van der Waals surface area (Å²) in [7, 11) is 1.58. The summed E-state index contributed by atoms with van der Waals surface area (Å²) in [6.45, 7) is 2.72. The highest BCUT2D eigenvalue weighted by Gasteiger charge is 2.62. The maximum atomic E-state index is 14.3. The van der Waals surface area contributed by atoms with Crippen LogP contribution in [-0.4, -0.2) is 41.3 Å². The van der Waals surface area contributed by atoms with Crippen molar-refractivity contribution in [3.8, 4) is 17.4 Å². The van der Waals surface area contributed by atoms with Crippen LogP contribution in [-0.2, 0) is 24.2 Å². The SMILES string of the molecule is COc1c(C2CCCCN2)cc(O)c2c1CC1CC3Cc4onc(OCc5ccccc5)c4C(=O)C3(C)C(=O)C1C2=O. The van der Waals surface area contributed by atoms with E-state index in [2.05, 4.69) is 10.5 Å². The van der Waals surface area contributed by atoms with Crippen LogP contribution in [0.2, 0.25) is 0 Å². The van der Waals surface area contributed by atoms with Crippen LogP contribution in [0, 0.1) is 23.2 Å². The molecule has 7 rings (SSSR count). The number of piperidine rings is 1. The van der Waals surface area contributed by atoms with Gasteiger partial charge in [-0.15, -0.1) is 0 Å². The molecule has 2 fully saturated rings. The van der Waals surface area contributed by atoms with E-state index in [1.54, 1.807) is 20.1 Å². The molecule has 3 aromatic rings. The number of hydrogen-bond donors (Lipinski definition) is 2. The highest BCUT2D eigenvalue weighted by Crippen LogP contribution is 2.56. The molecule has 42 heavy (non-hydrogen) atoms. The van der Waals surface area contributed by atoms with E-state index in [9.17, 15) is 19.5 Å². The lowest BCUT2D eigenvalue weighted by Crippen LogP contribution is -2.58. The van der Waals surface area contributed by atoms with Crippen LogP contribution >= 0.6 is 0 Å². The first-order chi connectivity index (χ1) is 20.3. The first-order valence-electron chi connectivity index (χ1n) is 14.8. The van der Waals surface area contributed by atoms with Crippen molar-refractivity contribution < 1.29 is 33.5 Å². The molecule has 1 aliphatic heterocycles. The fourth-order valence-electron chi connectivity index (χ4n) is 7.80. The Morgan fingerprint density at radius 1 is 1.12 bits per heavy atom. The van der Waals surface area contributed by atoms with Gasteiger partial charge in [-0.05, 0) is 67.8 Å². The summed E-state index contributed by atoms with van der Waals surface area (Å²) in [6, 6.07) is 11.1. The molecule has 5 atom stereocenters. The second-order valence-corrected chi connectivity index (χ2v) is 12.3. The second kappa shape index (κ2) is 10.1. The Bertz CT molecular complexity index is 1590. The van der Waals surface area contributed by atoms with Crippen molar-refractivity contribution in [2.24, 2.45) is 23.2 Å². The number of carbonyl (C=O) groups is 3. The van der Waals surface area contributed by atoms with Crippen molar-refractivity contribution >= 4 is 17.3 Å². The molecule has 5 unspecified atom stereocenters. The van der Waals surface area contributed by atoms with Crippen molar-refractivity contribution in [3.63, 3.8) is 0 Å². The summed E-state index contributed by atoms with van der Waals surface area (Å²) in [5.74, 6) is -1.98. The van der Waals surface area contributed by atoms with Crippen LogP contribution < -0.4 is 14.8 Å². The lowest BCUT2D eigenvalue weighted by atomic mass is 9.51. The van der Waals surface area contributed by atoms with Gasteiger partial charge in [-0.25, -0.2) is 0 Å². The molecule has 0 bridgehead atoms. The third-order valence-corrected chi connectivity index (χ3v) is 10.0. The van der Waals surface area contributed by atoms with Crippen LogP contribution in [0.3, 0.4) is 0 Å². The van der Waals surface area contributed by atoms with Gasteiger partial charge in [0.1, 0.15) is 23.7 Å². The zero-order valence-electron chi connectivity index (χ0n) is 23.8. The van der Waals surface area contributed by atoms with Crippen molar-refractivity contribution in [1.82, 2.24) is 10.5 Å². The Labute approximate surface area is 243 Å². The fourth-order valence-corrected chi connectivity index (χ4v) is 7.80. The summed E-state index contributed by atoms with van der Waals surface area (Å²) in [5.41, 5.74) is 1.31. The number of benzene rings is 2. The zero-order chi connectivity index (χ0) is 29.2. The topological polar surface area (TPSA) is 128 Å². The Kier molecular flexibility index (Phi) is 6.46. The lowest BCUT2D eigenvalue weighted by molar-refractivity contribution is -0.137. The molecule has 9 heteroatoms. The highest BCUT2D eigenvalue weighted by molar-refractivity contribution is 6.24. The van der Waals surface area contributed by atoms with E-state index >= 15 is 0 Å². The van der Waals surface area contributed by atoms with Crippen LogP contribution in [0.25, 0.3) is 0 Å². The van der Waals surface area contributed by atoms with Crippen molar-refractivity contribution in [1.29, 1.82) is 0 Å². The molecule has 2 aromatic carbocycles. The van der Waals surface area contributed by atoms with Crippen molar-refractivity contribution in [2.75, 3.05) is 13.7 Å². The molecular weight excluding hydrogens is 536 g/mol. The molecule has 2 N–H and O–H groups in total. The number of hydrogen-bond acceptors (Lipinski definition) is 9. The molecule has 0 radical (unpaired) electrons. The van der Waals surface area contributed by atoms with Crippen LogP contribution in [0.4, 0.5) is 0 Å². The number of nitrogens with one attached hydrogen (secondary N) is 1. The van der Waals surface area contributed by atoms with E-state index in [4.69, 9.17) is 14.0 Å². The molecule has 1 saturated carbocycles. The largest absolute Gasteiger partial charge is 0.507 e. The maximum absolute atomic E-state index is 14.3. The van der Waals surface area contributed by atoms with E-state index in [1.165, 1.54) is 0 Å². The molecule has 9 nitrogen and oxygen atoms in total. The standard InChI is InChI=1S/C33H34N2O7/c1-33-19(14-24-27(31(33)39)32(35-42-24)41-16-17-8-4-3-5-9-17)12-18-13-21-26(28(37)25(18)30(33)38)23(36)15-20(29(21)40-2)22-10-6-7-11-34-22/h3-5,8-9,15,18-19,22,25,34,36H,6-7,10-14,16H2,1-2H3.